The molecule has 0 saturated carbocycles. The number of hydrogen-bond acceptors (Lipinski definition) is 4. The van der Waals surface area contributed by atoms with E-state index in [0.717, 1.165) is 22.9 Å². The van der Waals surface area contributed by atoms with Crippen LogP contribution in [0.2, 0.25) is 0 Å². The fourth-order valence-corrected chi connectivity index (χ4v) is 5.44. The fourth-order valence-electron chi connectivity index (χ4n) is 5.44. The first kappa shape index (κ1) is 21.6. The van der Waals surface area contributed by atoms with E-state index in [1.165, 1.54) is 0 Å². The molecular formula is C29H27N3O3. The van der Waals surface area contributed by atoms with Gasteiger partial charge < -0.3 is 20.0 Å². The third kappa shape index (κ3) is 3.90. The summed E-state index contributed by atoms with van der Waals surface area (Å²) in [5.74, 6) is 0.404. The lowest BCUT2D eigenvalue weighted by Gasteiger charge is -2.45. The number of benzene rings is 3. The molecule has 2 saturated heterocycles. The third-order valence-corrected chi connectivity index (χ3v) is 7.30. The fraction of sp³-hybridized carbons (Fsp3) is 0.241. The normalized spacial score (nSPS) is 20.3. The molecule has 35 heavy (non-hydrogen) atoms. The van der Waals surface area contributed by atoms with E-state index in [1.54, 1.807) is 4.90 Å². The van der Waals surface area contributed by atoms with Crippen LogP contribution in [-0.2, 0) is 0 Å². The molecule has 2 unspecified atom stereocenters. The number of likely N-dealkylation sites (tertiary alicyclic amines) is 2. The topological polar surface area (TPSA) is 79.8 Å². The van der Waals surface area contributed by atoms with Crippen LogP contribution >= 0.6 is 0 Å². The molecule has 6 heteroatoms. The molecule has 2 fully saturated rings. The van der Waals surface area contributed by atoms with Crippen LogP contribution in [0.3, 0.4) is 0 Å². The van der Waals surface area contributed by atoms with Crippen LogP contribution in [0.15, 0.2) is 89.3 Å². The minimum Gasteiger partial charge on any atom is -0.451 e. The van der Waals surface area contributed by atoms with E-state index in [4.69, 9.17) is 10.2 Å². The number of amides is 2. The summed E-state index contributed by atoms with van der Waals surface area (Å²) >= 11 is 0. The van der Waals surface area contributed by atoms with E-state index in [2.05, 4.69) is 18.2 Å². The Morgan fingerprint density at radius 1 is 0.829 bits per heavy atom. The number of furan rings is 1. The lowest BCUT2D eigenvalue weighted by Crippen LogP contribution is -2.61. The van der Waals surface area contributed by atoms with Gasteiger partial charge in [-0.25, -0.2) is 0 Å². The lowest BCUT2D eigenvalue weighted by molar-refractivity contribution is 0.0225. The summed E-state index contributed by atoms with van der Waals surface area (Å²) in [7, 11) is 0. The van der Waals surface area contributed by atoms with Crippen molar-refractivity contribution in [1.82, 2.24) is 9.80 Å². The van der Waals surface area contributed by atoms with Gasteiger partial charge in [-0.1, -0.05) is 54.6 Å². The van der Waals surface area contributed by atoms with Gasteiger partial charge in [0.1, 0.15) is 5.58 Å². The van der Waals surface area contributed by atoms with Gasteiger partial charge in [-0.3, -0.25) is 9.59 Å². The van der Waals surface area contributed by atoms with Gasteiger partial charge in [0.15, 0.2) is 5.76 Å². The van der Waals surface area contributed by atoms with E-state index < -0.39 is 0 Å². The maximum atomic E-state index is 13.2. The van der Waals surface area contributed by atoms with E-state index in [-0.39, 0.29) is 29.8 Å². The van der Waals surface area contributed by atoms with Gasteiger partial charge >= 0.3 is 0 Å². The number of carbonyl (C=O) groups is 2. The summed E-state index contributed by atoms with van der Waals surface area (Å²) < 4.78 is 5.90. The Kier molecular flexibility index (Phi) is 5.38. The zero-order valence-corrected chi connectivity index (χ0v) is 19.3. The van der Waals surface area contributed by atoms with Crippen molar-refractivity contribution in [2.45, 2.75) is 18.5 Å². The Hall–Kier alpha value is -3.90. The number of nitrogens with zero attached hydrogens (tertiary/aromatic N) is 2. The molecule has 0 bridgehead atoms. The van der Waals surface area contributed by atoms with Crippen LogP contribution in [0.4, 0.5) is 0 Å². The SMILES string of the molecule is NC1CCN(C(=O)c2ccccc2)C1C1CN(C(=O)c2cc3cc(-c4ccccc4)ccc3o2)C1. The van der Waals surface area contributed by atoms with E-state index in [1.807, 2.05) is 71.6 Å². The second kappa shape index (κ2) is 8.71. The van der Waals surface area contributed by atoms with E-state index in [9.17, 15) is 9.59 Å². The summed E-state index contributed by atoms with van der Waals surface area (Å²) in [5, 5.41) is 0.907. The van der Waals surface area contributed by atoms with Crippen molar-refractivity contribution < 1.29 is 14.0 Å². The number of fused-ring (bicyclic) bond motifs is 1. The van der Waals surface area contributed by atoms with Crippen molar-refractivity contribution in [3.8, 4) is 11.1 Å². The molecule has 2 amide bonds. The quantitative estimate of drug-likeness (QED) is 0.484. The zero-order valence-electron chi connectivity index (χ0n) is 19.3. The summed E-state index contributed by atoms with van der Waals surface area (Å²) in [4.78, 5) is 29.9. The molecule has 0 spiro atoms. The number of rotatable bonds is 4. The Balaban J connectivity index is 1.16. The summed E-state index contributed by atoms with van der Waals surface area (Å²) in [6, 6.07) is 27.1. The van der Waals surface area contributed by atoms with Gasteiger partial charge in [-0.05, 0) is 47.9 Å². The molecule has 0 radical (unpaired) electrons. The molecule has 2 N–H and O–H groups in total. The first-order chi connectivity index (χ1) is 17.1. The average Bonchev–Trinajstić information content (AvgIpc) is 3.47. The first-order valence-electron chi connectivity index (χ1n) is 12.1. The molecule has 2 atom stereocenters. The minimum absolute atomic E-state index is 0.0137. The number of hydrogen-bond donors (Lipinski definition) is 1. The highest BCUT2D eigenvalue weighted by atomic mass is 16.3. The van der Waals surface area contributed by atoms with Crippen molar-refractivity contribution in [3.63, 3.8) is 0 Å². The summed E-state index contributed by atoms with van der Waals surface area (Å²) in [5.41, 5.74) is 10.0. The molecule has 4 aromatic rings. The van der Waals surface area contributed by atoms with Crippen LogP contribution in [0.5, 0.6) is 0 Å². The molecule has 3 heterocycles. The first-order valence-corrected chi connectivity index (χ1v) is 12.1. The van der Waals surface area contributed by atoms with Gasteiger partial charge in [0, 0.05) is 42.5 Å². The second-order valence-corrected chi connectivity index (χ2v) is 9.51. The van der Waals surface area contributed by atoms with E-state index >= 15 is 0 Å². The maximum absolute atomic E-state index is 13.2. The predicted molar refractivity (Wildman–Crippen MR) is 135 cm³/mol. The lowest BCUT2D eigenvalue weighted by atomic mass is 9.87. The van der Waals surface area contributed by atoms with Gasteiger partial charge in [0.25, 0.3) is 11.8 Å². The second-order valence-electron chi connectivity index (χ2n) is 9.51. The molecule has 2 aliphatic heterocycles. The predicted octanol–water partition coefficient (Wildman–Crippen LogP) is 4.41. The summed E-state index contributed by atoms with van der Waals surface area (Å²) in [6.07, 6.45) is 0.779. The van der Waals surface area contributed by atoms with Crippen LogP contribution < -0.4 is 5.73 Å². The molecule has 6 rings (SSSR count). The highest BCUT2D eigenvalue weighted by molar-refractivity contribution is 5.97. The molecule has 176 valence electrons. The largest absolute Gasteiger partial charge is 0.451 e. The number of nitrogens with two attached hydrogens (primary N) is 1. The molecule has 0 aliphatic carbocycles. The molecule has 3 aromatic carbocycles. The Bertz CT molecular complexity index is 1380. The standard InChI is InChI=1S/C29H27N3O3/c30-24-13-14-32(28(33)20-9-5-2-6-10-20)27(24)23-17-31(18-23)29(34)26-16-22-15-21(11-12-25(22)35-26)19-7-3-1-4-8-19/h1-12,15-16,23-24,27H,13-14,17-18,30H2. The molecule has 6 nitrogen and oxygen atoms in total. The summed E-state index contributed by atoms with van der Waals surface area (Å²) in [6.45, 7) is 1.79. The molecular weight excluding hydrogens is 438 g/mol. The molecule has 2 aliphatic rings. The van der Waals surface area contributed by atoms with Crippen molar-refractivity contribution in [2.75, 3.05) is 19.6 Å². The maximum Gasteiger partial charge on any atom is 0.289 e. The van der Waals surface area contributed by atoms with Gasteiger partial charge in [-0.2, -0.15) is 0 Å². The van der Waals surface area contributed by atoms with E-state index in [0.29, 0.717) is 36.5 Å². The highest BCUT2D eigenvalue weighted by Gasteiger charge is 2.46. The Morgan fingerprint density at radius 2 is 1.54 bits per heavy atom. The zero-order chi connectivity index (χ0) is 23.9. The average molecular weight is 466 g/mol. The minimum atomic E-state index is -0.119. The smallest absolute Gasteiger partial charge is 0.289 e. The van der Waals surface area contributed by atoms with Crippen LogP contribution in [0.1, 0.15) is 27.3 Å². The van der Waals surface area contributed by atoms with Crippen LogP contribution in [0.25, 0.3) is 22.1 Å². The monoisotopic (exact) mass is 465 g/mol. The van der Waals surface area contributed by atoms with Gasteiger partial charge in [0.2, 0.25) is 0 Å². The van der Waals surface area contributed by atoms with Crippen molar-refractivity contribution in [3.05, 3.63) is 96.3 Å². The van der Waals surface area contributed by atoms with Gasteiger partial charge in [-0.15, -0.1) is 0 Å². The molecule has 1 aromatic heterocycles. The van der Waals surface area contributed by atoms with Crippen molar-refractivity contribution in [2.24, 2.45) is 11.7 Å². The highest BCUT2D eigenvalue weighted by Crippen LogP contribution is 2.33. The van der Waals surface area contributed by atoms with Gasteiger partial charge in [0.05, 0.1) is 6.04 Å². The Labute approximate surface area is 203 Å². The number of carbonyl (C=O) groups excluding carboxylic acids is 2. The van der Waals surface area contributed by atoms with Crippen LogP contribution in [-0.4, -0.2) is 53.3 Å². The third-order valence-electron chi connectivity index (χ3n) is 7.30. The Morgan fingerprint density at radius 3 is 2.29 bits per heavy atom. The van der Waals surface area contributed by atoms with Crippen molar-refractivity contribution >= 4 is 22.8 Å². The van der Waals surface area contributed by atoms with Crippen molar-refractivity contribution in [1.29, 1.82) is 0 Å². The van der Waals surface area contributed by atoms with Crippen LogP contribution in [0, 0.1) is 5.92 Å².